The van der Waals surface area contributed by atoms with E-state index in [4.69, 9.17) is 9.47 Å². The Morgan fingerprint density at radius 2 is 2.04 bits per heavy atom. The van der Waals surface area contributed by atoms with Crippen molar-refractivity contribution in [3.63, 3.8) is 0 Å². The average molecular weight is 404 g/mol. The predicted octanol–water partition coefficient (Wildman–Crippen LogP) is 5.43. The smallest absolute Gasteiger partial charge is 0.174 e. The number of hydrogen-bond donors (Lipinski definition) is 1. The van der Waals surface area contributed by atoms with Gasteiger partial charge in [-0.25, -0.2) is 4.39 Å². The summed E-state index contributed by atoms with van der Waals surface area (Å²) in [6.45, 7) is 0. The molecule has 0 spiro atoms. The second kappa shape index (κ2) is 6.37. The van der Waals surface area contributed by atoms with Crippen molar-refractivity contribution in [2.75, 3.05) is 19.5 Å². The van der Waals surface area contributed by atoms with Crippen molar-refractivity contribution in [3.05, 3.63) is 63.9 Å². The second-order valence-corrected chi connectivity index (χ2v) is 7.27. The summed E-state index contributed by atoms with van der Waals surface area (Å²) in [5, 5.41) is 3.44. The van der Waals surface area contributed by atoms with Crippen molar-refractivity contribution in [2.24, 2.45) is 5.92 Å². The molecular formula is C20H19BrFNO2. The van der Waals surface area contributed by atoms with E-state index in [1.54, 1.807) is 20.3 Å². The van der Waals surface area contributed by atoms with Crippen molar-refractivity contribution < 1.29 is 13.9 Å². The van der Waals surface area contributed by atoms with E-state index in [2.05, 4.69) is 33.4 Å². The first-order valence-corrected chi connectivity index (χ1v) is 9.06. The Morgan fingerprint density at radius 3 is 2.80 bits per heavy atom. The minimum absolute atomic E-state index is 0.000469. The highest BCUT2D eigenvalue weighted by Gasteiger charge is 2.39. The minimum atomic E-state index is -0.208. The van der Waals surface area contributed by atoms with Crippen LogP contribution in [0.3, 0.4) is 0 Å². The van der Waals surface area contributed by atoms with Crippen LogP contribution in [0.2, 0.25) is 0 Å². The molecular weight excluding hydrogens is 385 g/mol. The van der Waals surface area contributed by atoms with Crippen LogP contribution < -0.4 is 14.8 Å². The van der Waals surface area contributed by atoms with E-state index in [1.807, 2.05) is 18.2 Å². The zero-order valence-electron chi connectivity index (χ0n) is 14.1. The van der Waals surface area contributed by atoms with Crippen molar-refractivity contribution in [3.8, 4) is 11.5 Å². The van der Waals surface area contributed by atoms with E-state index >= 15 is 0 Å². The molecule has 25 heavy (non-hydrogen) atoms. The van der Waals surface area contributed by atoms with Crippen molar-refractivity contribution in [1.82, 2.24) is 0 Å². The molecule has 0 aromatic heterocycles. The molecule has 0 unspecified atom stereocenters. The van der Waals surface area contributed by atoms with Gasteiger partial charge in [0.05, 0.1) is 30.4 Å². The molecule has 1 aliphatic heterocycles. The van der Waals surface area contributed by atoms with E-state index in [9.17, 15) is 4.39 Å². The maximum atomic E-state index is 14.4. The summed E-state index contributed by atoms with van der Waals surface area (Å²) in [6, 6.07) is 9.31. The first kappa shape index (κ1) is 16.5. The third-order valence-electron chi connectivity index (χ3n) is 5.16. The number of allylic oxidation sites excluding steroid dienone is 2. The summed E-state index contributed by atoms with van der Waals surface area (Å²) >= 11 is 3.56. The lowest BCUT2D eigenvalue weighted by molar-refractivity contribution is 0.351. The lowest BCUT2D eigenvalue weighted by Gasteiger charge is -2.37. The molecule has 0 saturated carbocycles. The summed E-state index contributed by atoms with van der Waals surface area (Å²) < 4.78 is 26.1. The lowest BCUT2D eigenvalue weighted by Crippen LogP contribution is -2.29. The topological polar surface area (TPSA) is 30.5 Å². The number of methoxy groups -OCH3 is 2. The largest absolute Gasteiger partial charge is 0.493 e. The van der Waals surface area contributed by atoms with Crippen LogP contribution in [0.4, 0.5) is 10.1 Å². The van der Waals surface area contributed by atoms with Crippen LogP contribution in [0.5, 0.6) is 11.5 Å². The highest BCUT2D eigenvalue weighted by atomic mass is 79.9. The van der Waals surface area contributed by atoms with Crippen LogP contribution in [-0.4, -0.2) is 14.2 Å². The number of hydrogen-bond acceptors (Lipinski definition) is 3. The van der Waals surface area contributed by atoms with Crippen molar-refractivity contribution in [1.29, 1.82) is 0 Å². The summed E-state index contributed by atoms with van der Waals surface area (Å²) in [6.07, 6.45) is 5.36. The highest BCUT2D eigenvalue weighted by Crippen LogP contribution is 2.51. The van der Waals surface area contributed by atoms with Crippen LogP contribution in [0.25, 0.3) is 0 Å². The fourth-order valence-electron chi connectivity index (χ4n) is 4.03. The molecule has 3 atom stereocenters. The van der Waals surface area contributed by atoms with Gasteiger partial charge in [0.1, 0.15) is 5.82 Å². The monoisotopic (exact) mass is 403 g/mol. The fourth-order valence-corrected chi connectivity index (χ4v) is 4.65. The number of para-hydroxylation sites is 1. The molecule has 0 fully saturated rings. The number of anilines is 1. The molecule has 0 radical (unpaired) electrons. The number of halogens is 2. The van der Waals surface area contributed by atoms with Gasteiger partial charge >= 0.3 is 0 Å². The van der Waals surface area contributed by atoms with Gasteiger partial charge in [-0.05, 0) is 57.6 Å². The van der Waals surface area contributed by atoms with Gasteiger partial charge in [-0.1, -0.05) is 24.3 Å². The molecule has 5 heteroatoms. The van der Waals surface area contributed by atoms with Crippen LogP contribution >= 0.6 is 15.9 Å². The second-order valence-electron chi connectivity index (χ2n) is 6.42. The molecule has 3 nitrogen and oxygen atoms in total. The summed E-state index contributed by atoms with van der Waals surface area (Å²) in [5.41, 5.74) is 2.69. The highest BCUT2D eigenvalue weighted by molar-refractivity contribution is 9.10. The van der Waals surface area contributed by atoms with Gasteiger partial charge in [0.2, 0.25) is 0 Å². The van der Waals surface area contributed by atoms with E-state index in [1.165, 1.54) is 6.07 Å². The predicted molar refractivity (Wildman–Crippen MR) is 100.0 cm³/mol. The Bertz CT molecular complexity index is 852. The molecule has 0 bridgehead atoms. The molecule has 1 N–H and O–H groups in total. The molecule has 4 rings (SSSR count). The zero-order chi connectivity index (χ0) is 17.6. The van der Waals surface area contributed by atoms with Gasteiger partial charge in [0, 0.05) is 5.92 Å². The number of fused-ring (bicyclic) bond motifs is 3. The van der Waals surface area contributed by atoms with Crippen LogP contribution in [0.15, 0.2) is 47.0 Å². The average Bonchev–Trinajstić information content (AvgIpc) is 3.10. The van der Waals surface area contributed by atoms with E-state index in [0.717, 1.165) is 22.0 Å². The molecule has 2 aromatic carbocycles. The van der Waals surface area contributed by atoms with Gasteiger partial charge < -0.3 is 14.8 Å². The Balaban J connectivity index is 1.82. The summed E-state index contributed by atoms with van der Waals surface area (Å²) in [7, 11) is 3.24. The maximum Gasteiger partial charge on any atom is 0.174 e. The van der Waals surface area contributed by atoms with E-state index < -0.39 is 0 Å². The normalized spacial score (nSPS) is 23.6. The van der Waals surface area contributed by atoms with Gasteiger partial charge in [0.15, 0.2) is 11.5 Å². The first-order valence-electron chi connectivity index (χ1n) is 8.27. The summed E-state index contributed by atoms with van der Waals surface area (Å²) in [4.78, 5) is 0. The van der Waals surface area contributed by atoms with Crippen molar-refractivity contribution in [2.45, 2.75) is 18.4 Å². The molecule has 1 aliphatic carbocycles. The van der Waals surface area contributed by atoms with E-state index in [0.29, 0.717) is 23.1 Å². The number of nitrogens with one attached hydrogen (secondary N) is 1. The number of ether oxygens (including phenoxy) is 2. The fraction of sp³-hybridized carbons (Fsp3) is 0.300. The molecule has 1 heterocycles. The standard InChI is InChI=1S/C20H19BrFNO2/c1-24-17-10-11(9-15(21)20(17)25-2)18-13-6-3-5-12(13)14-7-4-8-16(22)19(14)23-18/h3-5,7-10,12-13,18,23H,6H2,1-2H3/t12-,13+,18-/m1/s1. The van der Waals surface area contributed by atoms with Gasteiger partial charge in [-0.15, -0.1) is 0 Å². The van der Waals surface area contributed by atoms with E-state index in [-0.39, 0.29) is 17.8 Å². The van der Waals surface area contributed by atoms with Crippen LogP contribution in [-0.2, 0) is 0 Å². The van der Waals surface area contributed by atoms with Crippen molar-refractivity contribution >= 4 is 21.6 Å². The molecule has 0 amide bonds. The Hall–Kier alpha value is -2.01. The lowest BCUT2D eigenvalue weighted by atomic mass is 9.77. The van der Waals surface area contributed by atoms with Crippen LogP contribution in [0.1, 0.15) is 29.5 Å². The van der Waals surface area contributed by atoms with Crippen LogP contribution in [0, 0.1) is 11.7 Å². The third kappa shape index (κ3) is 2.61. The van der Waals surface area contributed by atoms with Gasteiger partial charge in [-0.3, -0.25) is 0 Å². The number of rotatable bonds is 3. The molecule has 2 aromatic rings. The molecule has 0 saturated heterocycles. The Kier molecular flexibility index (Phi) is 4.20. The molecule has 2 aliphatic rings. The minimum Gasteiger partial charge on any atom is -0.493 e. The Labute approximate surface area is 155 Å². The SMILES string of the molecule is COc1cc([C@H]2Nc3c(F)cccc3[C@@H]3C=CC[C@H]23)cc(Br)c1OC. The summed E-state index contributed by atoms with van der Waals surface area (Å²) in [5.74, 6) is 1.69. The third-order valence-corrected chi connectivity index (χ3v) is 5.75. The zero-order valence-corrected chi connectivity index (χ0v) is 15.6. The quantitative estimate of drug-likeness (QED) is 0.692. The Morgan fingerprint density at radius 1 is 1.20 bits per heavy atom. The maximum absolute atomic E-state index is 14.4. The first-order chi connectivity index (χ1) is 12.1. The van der Waals surface area contributed by atoms with Gasteiger partial charge in [0.25, 0.3) is 0 Å². The number of benzene rings is 2. The molecule has 130 valence electrons. The van der Waals surface area contributed by atoms with Gasteiger partial charge in [-0.2, -0.15) is 0 Å².